The van der Waals surface area contributed by atoms with Gasteiger partial charge in [0, 0.05) is 6.92 Å². The highest BCUT2D eigenvalue weighted by Gasteiger charge is 2.52. The fourth-order valence-electron chi connectivity index (χ4n) is 3.12. The number of carbonyl (C=O) groups is 2. The predicted molar refractivity (Wildman–Crippen MR) is 101 cm³/mol. The zero-order chi connectivity index (χ0) is 26.9. The van der Waals surface area contributed by atoms with Crippen molar-refractivity contribution < 1.29 is 83.6 Å². The second-order valence-corrected chi connectivity index (χ2v) is 9.17. The largest absolute Gasteiger partial charge is 0.506 e. The minimum absolute atomic E-state index is 0.842. The summed E-state index contributed by atoms with van der Waals surface area (Å²) in [7, 11) is -10.5. The number of rotatable bonds is 9. The van der Waals surface area contributed by atoms with Gasteiger partial charge in [0.2, 0.25) is 18.0 Å². The average molecular weight is 555 g/mol. The molecule has 2 aliphatic rings. The van der Waals surface area contributed by atoms with Gasteiger partial charge in [0.1, 0.15) is 30.5 Å². The van der Waals surface area contributed by atoms with Crippen LogP contribution in [0.15, 0.2) is 11.5 Å². The van der Waals surface area contributed by atoms with Gasteiger partial charge >= 0.3 is 26.8 Å². The van der Waals surface area contributed by atoms with Crippen molar-refractivity contribution in [2.45, 2.75) is 56.1 Å². The average Bonchev–Trinajstić information content (AvgIpc) is 2.69. The molecule has 0 aliphatic carbocycles. The van der Waals surface area contributed by atoms with Crippen molar-refractivity contribution in [3.8, 4) is 0 Å². The van der Waals surface area contributed by atoms with Crippen LogP contribution in [0.25, 0.3) is 0 Å². The fourth-order valence-corrected chi connectivity index (χ4v) is 3.90. The fraction of sp³-hybridized carbons (Fsp3) is 0.714. The summed E-state index contributed by atoms with van der Waals surface area (Å²) in [5.41, 5.74) is 0. The van der Waals surface area contributed by atoms with E-state index in [1.165, 1.54) is 0 Å². The number of ether oxygens (including phenoxy) is 3. The maximum Gasteiger partial charge on any atom is 0.397 e. The molecular weight excluding hydrogens is 534 g/mol. The molecule has 0 spiro atoms. The molecule has 2 aliphatic heterocycles. The highest BCUT2D eigenvalue weighted by atomic mass is 32.3. The van der Waals surface area contributed by atoms with Gasteiger partial charge in [-0.25, -0.2) is 13.2 Å². The molecule has 8 N–H and O–H groups in total. The molecule has 0 bridgehead atoms. The van der Waals surface area contributed by atoms with Gasteiger partial charge in [0.25, 0.3) is 0 Å². The minimum atomic E-state index is -5.41. The van der Waals surface area contributed by atoms with E-state index < -0.39 is 99.9 Å². The summed E-state index contributed by atoms with van der Waals surface area (Å²) in [6.45, 7) is -0.165. The molecule has 0 aromatic heterocycles. The Morgan fingerprint density at radius 3 is 2.14 bits per heavy atom. The summed E-state index contributed by atoms with van der Waals surface area (Å²) in [4.78, 5) is 22.9. The Bertz CT molecular complexity index is 1060. The summed E-state index contributed by atoms with van der Waals surface area (Å²) < 4.78 is 85.0. The normalized spacial score (nSPS) is 34.2. The topological polar surface area (TPSA) is 302 Å². The van der Waals surface area contributed by atoms with E-state index in [9.17, 15) is 46.9 Å². The second kappa shape index (κ2) is 10.8. The summed E-state index contributed by atoms with van der Waals surface area (Å²) in [6, 6.07) is -1.73. The third-order valence-corrected chi connectivity index (χ3v) is 5.39. The second-order valence-electron chi connectivity index (χ2n) is 7.03. The molecule has 1 amide bonds. The lowest BCUT2D eigenvalue weighted by molar-refractivity contribution is -0.301. The van der Waals surface area contributed by atoms with Crippen molar-refractivity contribution in [3.05, 3.63) is 11.5 Å². The third kappa shape index (κ3) is 7.65. The van der Waals surface area contributed by atoms with Gasteiger partial charge in [0.05, 0.1) is 6.61 Å². The molecule has 2 rings (SSSR count). The molecule has 0 aromatic rings. The molecule has 35 heavy (non-hydrogen) atoms. The SMILES string of the molecule is CC(=O)N[C@H]1C(O)O[C@H](COS(=O)(=O)O)[C@H](O)[C@@H]1O[C@@H]1OC(C(=O)O)=C(O)[C@H](O)[C@H]1OS(=O)(=O)O. The smallest absolute Gasteiger partial charge is 0.397 e. The van der Waals surface area contributed by atoms with Crippen LogP contribution < -0.4 is 5.32 Å². The molecule has 1 unspecified atom stereocenters. The van der Waals surface area contributed by atoms with Crippen LogP contribution in [0.3, 0.4) is 0 Å². The Morgan fingerprint density at radius 1 is 1.06 bits per heavy atom. The van der Waals surface area contributed by atoms with Crippen LogP contribution >= 0.6 is 0 Å². The first kappa shape index (κ1) is 29.1. The van der Waals surface area contributed by atoms with Crippen LogP contribution in [0, 0.1) is 0 Å². The molecule has 1 saturated heterocycles. The number of carbonyl (C=O) groups excluding carboxylic acids is 1. The van der Waals surface area contributed by atoms with E-state index in [-0.39, 0.29) is 0 Å². The molecule has 21 heteroatoms. The van der Waals surface area contributed by atoms with Crippen molar-refractivity contribution in [2.24, 2.45) is 0 Å². The summed E-state index contributed by atoms with van der Waals surface area (Å²) >= 11 is 0. The molecule has 202 valence electrons. The predicted octanol–water partition coefficient (Wildman–Crippen LogP) is -4.47. The number of hydrogen-bond acceptors (Lipinski definition) is 15. The Kier molecular flexibility index (Phi) is 8.99. The quantitative estimate of drug-likeness (QED) is 0.124. The number of aliphatic carboxylic acids is 1. The van der Waals surface area contributed by atoms with Crippen LogP contribution in [0.2, 0.25) is 0 Å². The molecule has 2 heterocycles. The Morgan fingerprint density at radius 2 is 1.66 bits per heavy atom. The van der Waals surface area contributed by atoms with Gasteiger partial charge in [-0.2, -0.15) is 16.8 Å². The number of carboxylic acids is 1. The summed E-state index contributed by atoms with van der Waals surface area (Å²) in [5.74, 6) is -5.62. The first-order valence-corrected chi connectivity index (χ1v) is 11.9. The minimum Gasteiger partial charge on any atom is -0.506 e. The first-order valence-electron chi connectivity index (χ1n) is 9.14. The van der Waals surface area contributed by atoms with E-state index in [0.29, 0.717) is 0 Å². The van der Waals surface area contributed by atoms with E-state index >= 15 is 0 Å². The lowest BCUT2D eigenvalue weighted by Gasteiger charge is -2.45. The number of amides is 1. The number of nitrogens with one attached hydrogen (secondary N) is 1. The van der Waals surface area contributed by atoms with Gasteiger partial charge in [-0.05, 0) is 0 Å². The monoisotopic (exact) mass is 555 g/mol. The highest BCUT2D eigenvalue weighted by molar-refractivity contribution is 7.81. The highest BCUT2D eigenvalue weighted by Crippen LogP contribution is 2.32. The summed E-state index contributed by atoms with van der Waals surface area (Å²) in [5, 5.41) is 52.0. The van der Waals surface area contributed by atoms with Crippen LogP contribution in [0.1, 0.15) is 6.92 Å². The van der Waals surface area contributed by atoms with E-state index in [2.05, 4.69) is 13.7 Å². The Hall–Kier alpha value is -2.18. The van der Waals surface area contributed by atoms with Gasteiger partial charge in [-0.15, -0.1) is 0 Å². The van der Waals surface area contributed by atoms with E-state index in [4.69, 9.17) is 28.4 Å². The van der Waals surface area contributed by atoms with Crippen molar-refractivity contribution in [1.82, 2.24) is 5.32 Å². The van der Waals surface area contributed by atoms with Gasteiger partial charge in [0.15, 0.2) is 18.2 Å². The van der Waals surface area contributed by atoms with E-state index in [0.717, 1.165) is 6.92 Å². The molecular formula is C14H21NO18S2. The van der Waals surface area contributed by atoms with Gasteiger partial charge < -0.3 is 45.1 Å². The third-order valence-electron chi connectivity index (χ3n) is 4.49. The molecule has 0 radical (unpaired) electrons. The number of hydrogen-bond donors (Lipinski definition) is 8. The Balaban J connectivity index is 2.45. The summed E-state index contributed by atoms with van der Waals surface area (Å²) in [6.07, 6.45) is -15.2. The standard InChI is InChI=1S/C14H21NO18S2/c1-3(16)15-5-9(6(17)4(30-13(5)22)2-29-34(23,24)25)31-14-11(33-35(26,27)28)8(19)7(18)10(32-14)12(20)21/h4-6,8-9,11,13-14,17-19,22H,2H2,1H3,(H,15,16)(H,20,21)(H,23,24,25)(H,26,27,28)/t4-,5-,6+,8+,9-,11-,13?,14-/m1/s1. The van der Waals surface area contributed by atoms with Gasteiger partial charge in [-0.1, -0.05) is 0 Å². The molecule has 8 atom stereocenters. The van der Waals surface area contributed by atoms with Crippen LogP contribution in [-0.2, 0) is 53.0 Å². The maximum absolute atomic E-state index is 11.6. The van der Waals surface area contributed by atoms with Crippen LogP contribution in [-0.4, -0.2) is 119 Å². The van der Waals surface area contributed by atoms with Crippen LogP contribution in [0.4, 0.5) is 0 Å². The number of aliphatic hydroxyl groups is 4. The lowest BCUT2D eigenvalue weighted by atomic mass is 9.96. The van der Waals surface area contributed by atoms with Crippen molar-refractivity contribution >= 4 is 32.7 Å². The Labute approximate surface area is 196 Å². The maximum atomic E-state index is 11.6. The van der Waals surface area contributed by atoms with E-state index in [1.54, 1.807) is 0 Å². The van der Waals surface area contributed by atoms with E-state index in [1.807, 2.05) is 0 Å². The van der Waals surface area contributed by atoms with Crippen molar-refractivity contribution in [3.63, 3.8) is 0 Å². The lowest BCUT2D eigenvalue weighted by Crippen LogP contribution is -2.66. The number of aliphatic hydroxyl groups excluding tert-OH is 4. The van der Waals surface area contributed by atoms with Gasteiger partial charge in [-0.3, -0.25) is 13.9 Å². The zero-order valence-electron chi connectivity index (χ0n) is 17.3. The number of carboxylic acid groups (broad SMARTS) is 1. The van der Waals surface area contributed by atoms with Crippen molar-refractivity contribution in [1.29, 1.82) is 0 Å². The zero-order valence-corrected chi connectivity index (χ0v) is 18.9. The van der Waals surface area contributed by atoms with Crippen molar-refractivity contribution in [2.75, 3.05) is 6.61 Å². The molecule has 19 nitrogen and oxygen atoms in total. The van der Waals surface area contributed by atoms with Crippen LogP contribution in [0.5, 0.6) is 0 Å². The first-order chi connectivity index (χ1) is 15.9. The molecule has 0 saturated carbocycles. The molecule has 0 aromatic carbocycles. The molecule has 1 fully saturated rings.